The summed E-state index contributed by atoms with van der Waals surface area (Å²) in [5.74, 6) is -0.351. The lowest BCUT2D eigenvalue weighted by Gasteiger charge is -2.09. The van der Waals surface area contributed by atoms with Crippen LogP contribution in [-0.2, 0) is 6.54 Å². The van der Waals surface area contributed by atoms with Gasteiger partial charge < -0.3 is 5.11 Å². The lowest BCUT2D eigenvalue weighted by Crippen LogP contribution is -2.04. The number of phenols is 1. The minimum absolute atomic E-state index is 0.131. The molecule has 7 nitrogen and oxygen atoms in total. The number of hydrogen-bond acceptors (Lipinski definition) is 5. The average Bonchev–Trinajstić information content (AvgIpc) is 3.42. The van der Waals surface area contributed by atoms with Crippen LogP contribution in [0.3, 0.4) is 0 Å². The second kappa shape index (κ2) is 7.39. The third-order valence-electron chi connectivity index (χ3n) is 5.03. The predicted molar refractivity (Wildman–Crippen MR) is 112 cm³/mol. The standard InChI is InChI=1S/C23H15FN6O/c24-20-11-17(12-22-23(20)27-28-30(22)18-5-7-19(31)8-6-18)21-9-10-26-29(21)14-16-3-1-15(13-25)2-4-16/h1-12,31H,14H2. The Balaban J connectivity index is 1.57. The molecular formula is C23H15FN6O. The Morgan fingerprint density at radius 1 is 1.00 bits per heavy atom. The second-order valence-corrected chi connectivity index (χ2v) is 7.03. The molecule has 150 valence electrons. The van der Waals surface area contributed by atoms with Gasteiger partial charge in [0.15, 0.2) is 5.82 Å². The van der Waals surface area contributed by atoms with Crippen molar-refractivity contribution in [1.82, 2.24) is 24.8 Å². The second-order valence-electron chi connectivity index (χ2n) is 7.03. The van der Waals surface area contributed by atoms with E-state index in [-0.39, 0.29) is 11.3 Å². The number of hydrogen-bond donors (Lipinski definition) is 1. The van der Waals surface area contributed by atoms with Crippen molar-refractivity contribution in [2.45, 2.75) is 6.54 Å². The van der Waals surface area contributed by atoms with Gasteiger partial charge in [-0.2, -0.15) is 10.4 Å². The van der Waals surface area contributed by atoms with E-state index < -0.39 is 5.82 Å². The smallest absolute Gasteiger partial charge is 0.153 e. The van der Waals surface area contributed by atoms with Gasteiger partial charge in [-0.05, 0) is 60.2 Å². The average molecular weight is 410 g/mol. The number of fused-ring (bicyclic) bond motifs is 1. The zero-order valence-corrected chi connectivity index (χ0v) is 16.1. The summed E-state index contributed by atoms with van der Waals surface area (Å²) in [6.45, 7) is 0.475. The molecule has 0 spiro atoms. The molecule has 0 aliphatic rings. The summed E-state index contributed by atoms with van der Waals surface area (Å²) in [6, 6.07) is 20.9. The molecule has 2 aromatic heterocycles. The van der Waals surface area contributed by atoms with E-state index in [2.05, 4.69) is 21.5 Å². The highest BCUT2D eigenvalue weighted by atomic mass is 19.1. The Hall–Kier alpha value is -4.51. The van der Waals surface area contributed by atoms with Crippen LogP contribution < -0.4 is 0 Å². The highest BCUT2D eigenvalue weighted by Gasteiger charge is 2.16. The Labute approximate surface area is 176 Å². The molecule has 0 fully saturated rings. The van der Waals surface area contributed by atoms with Gasteiger partial charge in [0.2, 0.25) is 0 Å². The molecule has 2 heterocycles. The van der Waals surface area contributed by atoms with E-state index in [1.807, 2.05) is 24.3 Å². The molecule has 0 bridgehead atoms. The Morgan fingerprint density at radius 3 is 2.52 bits per heavy atom. The van der Waals surface area contributed by atoms with E-state index in [9.17, 15) is 9.50 Å². The fourth-order valence-corrected chi connectivity index (χ4v) is 3.48. The first-order chi connectivity index (χ1) is 15.1. The summed E-state index contributed by atoms with van der Waals surface area (Å²) in [6.07, 6.45) is 1.66. The van der Waals surface area contributed by atoms with Crippen molar-refractivity contribution < 1.29 is 9.50 Å². The molecule has 0 atom stereocenters. The van der Waals surface area contributed by atoms with Crippen LogP contribution in [0.4, 0.5) is 4.39 Å². The molecule has 5 rings (SSSR count). The van der Waals surface area contributed by atoms with Crippen LogP contribution in [0, 0.1) is 17.1 Å². The van der Waals surface area contributed by atoms with Crippen LogP contribution in [-0.4, -0.2) is 29.9 Å². The molecule has 0 radical (unpaired) electrons. The molecule has 8 heteroatoms. The summed E-state index contributed by atoms with van der Waals surface area (Å²) in [4.78, 5) is 0. The molecule has 31 heavy (non-hydrogen) atoms. The summed E-state index contributed by atoms with van der Waals surface area (Å²) >= 11 is 0. The van der Waals surface area contributed by atoms with Gasteiger partial charge in [0.05, 0.1) is 35.1 Å². The molecule has 0 saturated heterocycles. The Kier molecular flexibility index (Phi) is 4.41. The molecule has 0 aliphatic carbocycles. The molecule has 0 aliphatic heterocycles. The van der Waals surface area contributed by atoms with Crippen LogP contribution >= 0.6 is 0 Å². The van der Waals surface area contributed by atoms with Gasteiger partial charge in [-0.15, -0.1) is 5.10 Å². The van der Waals surface area contributed by atoms with Crippen LogP contribution in [0.2, 0.25) is 0 Å². The first-order valence-corrected chi connectivity index (χ1v) is 9.48. The normalized spacial score (nSPS) is 11.0. The number of nitriles is 1. The Morgan fingerprint density at radius 2 is 1.77 bits per heavy atom. The number of aromatic nitrogens is 5. The van der Waals surface area contributed by atoms with Crippen LogP contribution in [0.5, 0.6) is 5.75 Å². The van der Waals surface area contributed by atoms with Crippen LogP contribution in [0.15, 0.2) is 72.9 Å². The predicted octanol–water partition coefficient (Wildman–Crippen LogP) is 4.05. The van der Waals surface area contributed by atoms with Crippen molar-refractivity contribution in [3.63, 3.8) is 0 Å². The van der Waals surface area contributed by atoms with E-state index in [0.717, 1.165) is 11.3 Å². The van der Waals surface area contributed by atoms with Crippen molar-refractivity contribution in [3.8, 4) is 28.8 Å². The lowest BCUT2D eigenvalue weighted by molar-refractivity contribution is 0.475. The van der Waals surface area contributed by atoms with Gasteiger partial charge >= 0.3 is 0 Å². The van der Waals surface area contributed by atoms with E-state index in [4.69, 9.17) is 5.26 Å². The minimum atomic E-state index is -0.483. The molecule has 0 unspecified atom stereocenters. The zero-order valence-electron chi connectivity index (χ0n) is 16.1. The number of aromatic hydroxyl groups is 1. The molecule has 3 aromatic carbocycles. The van der Waals surface area contributed by atoms with Crippen LogP contribution in [0.1, 0.15) is 11.1 Å². The van der Waals surface area contributed by atoms with E-state index in [0.29, 0.717) is 28.9 Å². The summed E-state index contributed by atoms with van der Waals surface area (Å²) in [5, 5.41) is 30.9. The maximum absolute atomic E-state index is 14.9. The van der Waals surface area contributed by atoms with Gasteiger partial charge in [-0.3, -0.25) is 4.68 Å². The van der Waals surface area contributed by atoms with Crippen molar-refractivity contribution in [2.75, 3.05) is 0 Å². The maximum atomic E-state index is 14.9. The quantitative estimate of drug-likeness (QED) is 0.483. The molecule has 0 amide bonds. The minimum Gasteiger partial charge on any atom is -0.508 e. The lowest BCUT2D eigenvalue weighted by atomic mass is 10.1. The SMILES string of the molecule is N#Cc1ccc(Cn2nccc2-c2cc(F)c3nnn(-c4ccc(O)cc4)c3c2)cc1. The summed E-state index contributed by atoms with van der Waals surface area (Å²) in [5.41, 5.74) is 4.26. The van der Waals surface area contributed by atoms with Gasteiger partial charge in [0.25, 0.3) is 0 Å². The molecule has 0 saturated carbocycles. The van der Waals surface area contributed by atoms with Crippen LogP contribution in [0.25, 0.3) is 28.0 Å². The van der Waals surface area contributed by atoms with E-state index in [1.54, 1.807) is 35.1 Å². The number of phenolic OH excluding ortho intramolecular Hbond substituents is 1. The Bertz CT molecular complexity index is 1430. The number of benzene rings is 3. The highest BCUT2D eigenvalue weighted by Crippen LogP contribution is 2.28. The largest absolute Gasteiger partial charge is 0.508 e. The maximum Gasteiger partial charge on any atom is 0.153 e. The van der Waals surface area contributed by atoms with Crippen molar-refractivity contribution >= 4 is 11.0 Å². The summed E-state index contributed by atoms with van der Waals surface area (Å²) in [7, 11) is 0. The number of nitrogens with zero attached hydrogens (tertiary/aromatic N) is 6. The van der Waals surface area contributed by atoms with Gasteiger partial charge in [0, 0.05) is 11.8 Å². The van der Waals surface area contributed by atoms with E-state index in [1.165, 1.54) is 22.9 Å². The van der Waals surface area contributed by atoms with Crippen molar-refractivity contribution in [1.29, 1.82) is 5.26 Å². The monoisotopic (exact) mass is 410 g/mol. The molecule has 1 N–H and O–H groups in total. The summed E-state index contributed by atoms with van der Waals surface area (Å²) < 4.78 is 18.2. The third-order valence-corrected chi connectivity index (χ3v) is 5.03. The van der Waals surface area contributed by atoms with Gasteiger partial charge in [-0.25, -0.2) is 9.07 Å². The first kappa shape index (κ1) is 18.5. The number of halogens is 1. The van der Waals surface area contributed by atoms with Crippen molar-refractivity contribution in [2.24, 2.45) is 0 Å². The molecule has 5 aromatic rings. The van der Waals surface area contributed by atoms with Gasteiger partial charge in [-0.1, -0.05) is 17.3 Å². The fraction of sp³-hybridized carbons (Fsp3) is 0.0435. The number of rotatable bonds is 4. The van der Waals surface area contributed by atoms with Crippen molar-refractivity contribution in [3.05, 3.63) is 89.9 Å². The highest BCUT2D eigenvalue weighted by molar-refractivity contribution is 5.82. The zero-order chi connectivity index (χ0) is 21.4. The van der Waals surface area contributed by atoms with Gasteiger partial charge in [0.1, 0.15) is 11.3 Å². The fourth-order valence-electron chi connectivity index (χ4n) is 3.48. The van der Waals surface area contributed by atoms with E-state index >= 15 is 0 Å². The molecular weight excluding hydrogens is 395 g/mol. The first-order valence-electron chi connectivity index (χ1n) is 9.48. The third kappa shape index (κ3) is 3.38. The topological polar surface area (TPSA) is 92.5 Å².